The molecule has 0 bridgehead atoms. The van der Waals surface area contributed by atoms with Gasteiger partial charge in [0.25, 0.3) is 20.2 Å². The van der Waals surface area contributed by atoms with Gasteiger partial charge in [0.15, 0.2) is 11.6 Å². The molecule has 0 fully saturated rings. The summed E-state index contributed by atoms with van der Waals surface area (Å²) in [5, 5.41) is 22.3. The summed E-state index contributed by atoms with van der Waals surface area (Å²) >= 11 is 19.1. The van der Waals surface area contributed by atoms with Gasteiger partial charge in [0.1, 0.15) is 28.7 Å². The molecule has 45 heavy (non-hydrogen) atoms. The van der Waals surface area contributed by atoms with E-state index in [-0.39, 0.29) is 56.5 Å². The number of hydrogen-bond acceptors (Lipinski definition) is 9. The predicted octanol–water partition coefficient (Wildman–Crippen LogP) is 7.28. The van der Waals surface area contributed by atoms with E-state index in [1.54, 1.807) is 36.1 Å². The number of benzene rings is 3. The van der Waals surface area contributed by atoms with Crippen LogP contribution in [0.15, 0.2) is 69.7 Å². The summed E-state index contributed by atoms with van der Waals surface area (Å²) in [6.07, 6.45) is 0.112. The number of hydrogen-bond donors (Lipinski definition) is 2. The third-order valence-corrected chi connectivity index (χ3v) is 8.90. The van der Waals surface area contributed by atoms with Gasteiger partial charge in [-0.1, -0.05) is 53.0 Å². The molecular weight excluding hydrogens is 694 g/mol. The second-order valence-corrected chi connectivity index (χ2v) is 13.5. The monoisotopic (exact) mass is 714 g/mol. The minimum Gasteiger partial charge on any atom is -0.372 e. The van der Waals surface area contributed by atoms with Crippen LogP contribution in [0, 0.1) is 17.1 Å². The number of azo groups is 1. The zero-order valence-electron chi connectivity index (χ0n) is 23.1. The molecule has 12 nitrogen and oxygen atoms in total. The fraction of sp³-hybridized carbons (Fsp3) is 0.185. The number of nitrogens with zero attached hydrogens (tertiary/aromatic N) is 6. The van der Waals surface area contributed by atoms with Crippen LogP contribution in [-0.2, 0) is 20.2 Å². The molecule has 0 saturated carbocycles. The highest BCUT2D eigenvalue weighted by Gasteiger charge is 2.26. The van der Waals surface area contributed by atoms with Crippen molar-refractivity contribution >= 4 is 72.2 Å². The van der Waals surface area contributed by atoms with Crippen LogP contribution < -0.4 is 4.90 Å². The molecule has 1 heterocycles. The van der Waals surface area contributed by atoms with Gasteiger partial charge in [-0.25, -0.2) is 9.07 Å². The summed E-state index contributed by atoms with van der Waals surface area (Å²) in [6.45, 7) is 2.43. The van der Waals surface area contributed by atoms with Crippen molar-refractivity contribution in [1.82, 2.24) is 9.78 Å². The highest BCUT2D eigenvalue weighted by Crippen LogP contribution is 2.40. The zero-order valence-corrected chi connectivity index (χ0v) is 27.0. The minimum atomic E-state index is -4.68. The SMILES string of the molecule is CCN(CCCS(=O)(=O)O)c1ccc(N=Nc2c(C#N)c(-c3ccccc3Cl)nn2-c2c(Cl)cc(S(=O)(=O)O)cc2Cl)c(F)c1. The molecule has 0 radical (unpaired) electrons. The Morgan fingerprint density at radius 3 is 2.22 bits per heavy atom. The Morgan fingerprint density at radius 1 is 1.00 bits per heavy atom. The van der Waals surface area contributed by atoms with Gasteiger partial charge in [0, 0.05) is 24.3 Å². The fourth-order valence-electron chi connectivity index (χ4n) is 4.28. The van der Waals surface area contributed by atoms with Gasteiger partial charge in [-0.05, 0) is 49.7 Å². The normalized spacial score (nSPS) is 12.0. The van der Waals surface area contributed by atoms with Gasteiger partial charge < -0.3 is 4.90 Å². The van der Waals surface area contributed by atoms with Crippen molar-refractivity contribution in [2.24, 2.45) is 10.2 Å². The van der Waals surface area contributed by atoms with E-state index in [4.69, 9.17) is 39.4 Å². The van der Waals surface area contributed by atoms with Crippen molar-refractivity contribution in [3.8, 4) is 23.0 Å². The van der Waals surface area contributed by atoms with E-state index in [0.29, 0.717) is 17.8 Å². The Kier molecular flexibility index (Phi) is 10.5. The van der Waals surface area contributed by atoms with Crippen molar-refractivity contribution in [2.45, 2.75) is 18.2 Å². The molecule has 4 rings (SSSR count). The van der Waals surface area contributed by atoms with Gasteiger partial charge in [-0.15, -0.1) is 10.2 Å². The molecule has 0 spiro atoms. The lowest BCUT2D eigenvalue weighted by atomic mass is 10.1. The molecule has 1 aromatic heterocycles. The summed E-state index contributed by atoms with van der Waals surface area (Å²) in [6, 6.07) is 14.4. The maximum atomic E-state index is 15.2. The van der Waals surface area contributed by atoms with E-state index in [0.717, 1.165) is 16.8 Å². The first-order chi connectivity index (χ1) is 21.1. The molecule has 0 unspecified atom stereocenters. The smallest absolute Gasteiger partial charge is 0.294 e. The van der Waals surface area contributed by atoms with E-state index < -0.39 is 36.7 Å². The molecule has 0 saturated heterocycles. The molecule has 4 aromatic rings. The quantitative estimate of drug-likeness (QED) is 0.119. The van der Waals surface area contributed by atoms with Gasteiger partial charge in [-0.2, -0.15) is 27.2 Å². The van der Waals surface area contributed by atoms with Crippen LogP contribution in [0.2, 0.25) is 15.1 Å². The molecule has 2 N–H and O–H groups in total. The van der Waals surface area contributed by atoms with Crippen molar-refractivity contribution in [3.63, 3.8) is 0 Å². The van der Waals surface area contributed by atoms with Gasteiger partial charge in [0.05, 0.1) is 25.7 Å². The van der Waals surface area contributed by atoms with Crippen LogP contribution in [0.5, 0.6) is 0 Å². The highest BCUT2D eigenvalue weighted by molar-refractivity contribution is 7.86. The Bertz CT molecular complexity index is 2040. The number of rotatable bonds is 11. The summed E-state index contributed by atoms with van der Waals surface area (Å²) < 4.78 is 80.2. The lowest BCUT2D eigenvalue weighted by Crippen LogP contribution is -2.25. The number of aromatic nitrogens is 2. The van der Waals surface area contributed by atoms with Gasteiger partial charge >= 0.3 is 0 Å². The van der Waals surface area contributed by atoms with E-state index in [2.05, 4.69) is 15.3 Å². The van der Waals surface area contributed by atoms with Gasteiger partial charge in [0.2, 0.25) is 0 Å². The second-order valence-electron chi connectivity index (χ2n) is 9.32. The van der Waals surface area contributed by atoms with Crippen molar-refractivity contribution in [1.29, 1.82) is 5.26 Å². The number of halogens is 4. The standard InChI is InChI=1S/C27H22Cl3FN6O6S2/c1-2-36(10-5-11-44(38,39)40)16-8-9-24(23(31)12-16)33-34-27-19(15-32)25(18-6-3-4-7-20(18)28)35-37(27)26-21(29)13-17(14-22(26)30)45(41,42)43/h3-4,6-9,12-14H,2,5,10-11H2,1H3,(H,38,39,40)(H,41,42,43). The minimum absolute atomic E-state index is 0.0438. The zero-order chi connectivity index (χ0) is 33.1. The molecule has 236 valence electrons. The predicted molar refractivity (Wildman–Crippen MR) is 168 cm³/mol. The molecule has 0 aliphatic carbocycles. The maximum absolute atomic E-state index is 15.2. The van der Waals surface area contributed by atoms with Crippen LogP contribution in [0.4, 0.5) is 21.6 Å². The second kappa shape index (κ2) is 13.8. The van der Waals surface area contributed by atoms with E-state index in [1.165, 1.54) is 18.2 Å². The van der Waals surface area contributed by atoms with Crippen molar-refractivity contribution in [2.75, 3.05) is 23.7 Å². The summed E-state index contributed by atoms with van der Waals surface area (Å²) in [7, 11) is -8.82. The van der Waals surface area contributed by atoms with Crippen LogP contribution in [0.25, 0.3) is 16.9 Å². The van der Waals surface area contributed by atoms with E-state index in [9.17, 15) is 26.7 Å². The first-order valence-electron chi connectivity index (χ1n) is 12.8. The molecular formula is C27H22Cl3FN6O6S2. The molecule has 18 heteroatoms. The Morgan fingerprint density at radius 2 is 1.67 bits per heavy atom. The highest BCUT2D eigenvalue weighted by atomic mass is 35.5. The molecule has 0 aliphatic rings. The van der Waals surface area contributed by atoms with Crippen LogP contribution >= 0.6 is 34.8 Å². The molecule has 0 amide bonds. The number of anilines is 1. The third kappa shape index (κ3) is 7.97. The van der Waals surface area contributed by atoms with Crippen LogP contribution in [-0.4, -0.2) is 54.6 Å². The van der Waals surface area contributed by atoms with Crippen molar-refractivity contribution in [3.05, 3.63) is 81.0 Å². The average Bonchev–Trinajstić information content (AvgIpc) is 3.31. The van der Waals surface area contributed by atoms with Gasteiger partial charge in [-0.3, -0.25) is 9.11 Å². The first-order valence-corrected chi connectivity index (χ1v) is 17.0. The topological polar surface area (TPSA) is 178 Å². The molecule has 0 atom stereocenters. The maximum Gasteiger partial charge on any atom is 0.294 e. The number of nitriles is 1. The van der Waals surface area contributed by atoms with E-state index in [1.807, 2.05) is 6.07 Å². The lowest BCUT2D eigenvalue weighted by molar-refractivity contribution is 0.479. The van der Waals surface area contributed by atoms with Crippen LogP contribution in [0.3, 0.4) is 0 Å². The lowest BCUT2D eigenvalue weighted by Gasteiger charge is -2.23. The average molecular weight is 716 g/mol. The first kappa shape index (κ1) is 34.3. The Balaban J connectivity index is 1.83. The summed E-state index contributed by atoms with van der Waals surface area (Å²) in [4.78, 5) is 1.11. The fourth-order valence-corrected chi connectivity index (χ4v) is 6.31. The molecule has 3 aromatic carbocycles. The van der Waals surface area contributed by atoms with Crippen molar-refractivity contribution < 1.29 is 30.3 Å². The Hall–Kier alpha value is -3.62. The largest absolute Gasteiger partial charge is 0.372 e. The molecule has 0 aliphatic heterocycles. The third-order valence-electron chi connectivity index (χ3n) is 6.36. The van der Waals surface area contributed by atoms with E-state index >= 15 is 4.39 Å². The summed E-state index contributed by atoms with van der Waals surface area (Å²) in [5.41, 5.74) is 0.298. The van der Waals surface area contributed by atoms with Crippen LogP contribution in [0.1, 0.15) is 18.9 Å². The Labute approximate surface area is 272 Å². The summed E-state index contributed by atoms with van der Waals surface area (Å²) in [5.74, 6) is -1.50.